The number of amides is 1. The second-order valence-corrected chi connectivity index (χ2v) is 2.29. The molecule has 0 bridgehead atoms. The van der Waals surface area contributed by atoms with Crippen molar-refractivity contribution in [1.29, 1.82) is 0 Å². The van der Waals surface area contributed by atoms with Gasteiger partial charge in [-0.2, -0.15) is 0 Å². The predicted octanol–water partition coefficient (Wildman–Crippen LogP) is -0.314. The number of hydrogen-bond acceptors (Lipinski definition) is 5. The van der Waals surface area contributed by atoms with Crippen molar-refractivity contribution >= 4 is 11.6 Å². The van der Waals surface area contributed by atoms with Crippen LogP contribution in [-0.4, -0.2) is 35.2 Å². The Kier molecular flexibility index (Phi) is 2.65. The summed E-state index contributed by atoms with van der Waals surface area (Å²) in [5.41, 5.74) is -0.693. The summed E-state index contributed by atoms with van der Waals surface area (Å²) in [5.74, 6) is -0.832. The lowest BCUT2D eigenvalue weighted by atomic mass is 10.3. The molecule has 8 nitrogen and oxygen atoms in total. The summed E-state index contributed by atoms with van der Waals surface area (Å²) >= 11 is 0. The molecule has 0 aromatic carbocycles. The van der Waals surface area contributed by atoms with Gasteiger partial charge >= 0.3 is 11.6 Å². The highest BCUT2D eigenvalue weighted by Crippen LogP contribution is 2.27. The normalized spacial score (nSPS) is 9.57. The third-order valence-electron chi connectivity index (χ3n) is 1.54. The summed E-state index contributed by atoms with van der Waals surface area (Å²) in [5, 5.41) is 18.5. The predicted molar refractivity (Wildman–Crippen MR) is 45.2 cm³/mol. The Hall–Kier alpha value is -2.12. The molecule has 1 amide bonds. The Balaban J connectivity index is 3.24. The summed E-state index contributed by atoms with van der Waals surface area (Å²) in [4.78, 5) is 21.0. The van der Waals surface area contributed by atoms with Gasteiger partial charge < -0.3 is 10.1 Å². The minimum absolute atomic E-state index is 0.214. The molecule has 2 N–H and O–H groups in total. The summed E-state index contributed by atoms with van der Waals surface area (Å²) < 4.78 is 4.62. The molecular weight excluding hydrogens is 192 g/mol. The first-order valence-corrected chi connectivity index (χ1v) is 3.60. The van der Waals surface area contributed by atoms with Gasteiger partial charge in [0.25, 0.3) is 5.91 Å². The van der Waals surface area contributed by atoms with Gasteiger partial charge in [0, 0.05) is 7.05 Å². The second-order valence-electron chi connectivity index (χ2n) is 2.29. The first-order chi connectivity index (χ1) is 6.61. The monoisotopic (exact) mass is 200 g/mol. The van der Waals surface area contributed by atoms with E-state index < -0.39 is 16.5 Å². The van der Waals surface area contributed by atoms with Crippen LogP contribution in [0, 0.1) is 10.1 Å². The average molecular weight is 200 g/mol. The van der Waals surface area contributed by atoms with Crippen molar-refractivity contribution in [2.45, 2.75) is 0 Å². The van der Waals surface area contributed by atoms with E-state index in [9.17, 15) is 14.9 Å². The lowest BCUT2D eigenvalue weighted by Crippen LogP contribution is -2.19. The summed E-state index contributed by atoms with van der Waals surface area (Å²) in [6.45, 7) is 0. The number of rotatable bonds is 3. The van der Waals surface area contributed by atoms with Gasteiger partial charge in [-0.3, -0.25) is 20.0 Å². The maximum absolute atomic E-state index is 11.1. The van der Waals surface area contributed by atoms with Crippen molar-refractivity contribution in [2.75, 3.05) is 14.2 Å². The van der Waals surface area contributed by atoms with Crippen LogP contribution in [-0.2, 0) is 0 Å². The van der Waals surface area contributed by atoms with E-state index in [1.807, 2.05) is 0 Å². The van der Waals surface area contributed by atoms with E-state index in [0.29, 0.717) is 0 Å². The number of methoxy groups -OCH3 is 1. The fraction of sp³-hybridized carbons (Fsp3) is 0.333. The molecule has 0 spiro atoms. The molecule has 0 aliphatic carbocycles. The van der Waals surface area contributed by atoms with Crippen LogP contribution in [0.25, 0.3) is 0 Å². The Morgan fingerprint density at radius 1 is 1.71 bits per heavy atom. The number of nitro groups is 1. The number of aromatic nitrogens is 2. The molecule has 0 aliphatic rings. The van der Waals surface area contributed by atoms with Crippen LogP contribution in [0.5, 0.6) is 5.88 Å². The molecule has 0 saturated carbocycles. The number of hydrogen-bond donors (Lipinski definition) is 2. The number of ether oxygens (including phenoxy) is 1. The molecule has 1 heterocycles. The van der Waals surface area contributed by atoms with Crippen molar-refractivity contribution < 1.29 is 14.5 Å². The molecule has 0 unspecified atom stereocenters. The van der Waals surface area contributed by atoms with E-state index in [4.69, 9.17) is 0 Å². The molecule has 76 valence electrons. The minimum Gasteiger partial charge on any atom is -0.475 e. The molecule has 8 heteroatoms. The summed E-state index contributed by atoms with van der Waals surface area (Å²) in [6, 6.07) is 0. The fourth-order valence-electron chi connectivity index (χ4n) is 0.915. The van der Waals surface area contributed by atoms with Gasteiger partial charge in [0.1, 0.15) is 0 Å². The Morgan fingerprint density at radius 3 is 2.79 bits per heavy atom. The standard InChI is InChI=1S/C6H8N4O4/c1-7-5(11)3-4(10(12)13)6(14-2)9-8-3/h1-2H3,(H,7,11)(H,8,9). The molecule has 0 atom stereocenters. The van der Waals surface area contributed by atoms with Crippen LogP contribution in [0.4, 0.5) is 5.69 Å². The molecule has 1 rings (SSSR count). The van der Waals surface area contributed by atoms with Crippen molar-refractivity contribution in [3.05, 3.63) is 15.8 Å². The van der Waals surface area contributed by atoms with Crippen LogP contribution >= 0.6 is 0 Å². The highest BCUT2D eigenvalue weighted by Gasteiger charge is 2.29. The molecular formula is C6H8N4O4. The lowest BCUT2D eigenvalue weighted by molar-refractivity contribution is -0.386. The lowest BCUT2D eigenvalue weighted by Gasteiger charge is -1.95. The highest BCUT2D eigenvalue weighted by molar-refractivity contribution is 5.96. The number of aromatic amines is 1. The topological polar surface area (TPSA) is 110 Å². The van der Waals surface area contributed by atoms with Crippen molar-refractivity contribution in [3.8, 4) is 5.88 Å². The largest absolute Gasteiger partial charge is 0.475 e. The van der Waals surface area contributed by atoms with Gasteiger partial charge in [0.2, 0.25) is 5.69 Å². The van der Waals surface area contributed by atoms with Crippen LogP contribution in [0.3, 0.4) is 0 Å². The summed E-state index contributed by atoms with van der Waals surface area (Å²) in [6.07, 6.45) is 0. The Labute approximate surface area is 78.4 Å². The van der Waals surface area contributed by atoms with Crippen molar-refractivity contribution in [3.63, 3.8) is 0 Å². The maximum Gasteiger partial charge on any atom is 0.362 e. The number of carbonyl (C=O) groups excluding carboxylic acids is 1. The first kappa shape index (κ1) is 9.96. The highest BCUT2D eigenvalue weighted by atomic mass is 16.6. The van der Waals surface area contributed by atoms with E-state index in [1.54, 1.807) is 0 Å². The van der Waals surface area contributed by atoms with Gasteiger partial charge in [0.05, 0.1) is 12.0 Å². The van der Waals surface area contributed by atoms with E-state index in [2.05, 4.69) is 20.3 Å². The number of nitrogens with zero attached hydrogens (tertiary/aromatic N) is 2. The zero-order valence-electron chi connectivity index (χ0n) is 7.53. The van der Waals surface area contributed by atoms with Gasteiger partial charge in [-0.15, -0.1) is 5.10 Å². The van der Waals surface area contributed by atoms with Crippen molar-refractivity contribution in [2.24, 2.45) is 0 Å². The second kappa shape index (κ2) is 3.73. The Bertz CT molecular complexity index is 372. The number of carbonyl (C=O) groups is 1. The van der Waals surface area contributed by atoms with Gasteiger partial charge in [0.15, 0.2) is 0 Å². The molecule has 0 saturated heterocycles. The van der Waals surface area contributed by atoms with Crippen LogP contribution in [0.2, 0.25) is 0 Å². The van der Waals surface area contributed by atoms with E-state index in [1.165, 1.54) is 14.2 Å². The van der Waals surface area contributed by atoms with Gasteiger partial charge in [-0.05, 0) is 0 Å². The van der Waals surface area contributed by atoms with E-state index >= 15 is 0 Å². The minimum atomic E-state index is -0.729. The average Bonchev–Trinajstić information content (AvgIpc) is 2.59. The van der Waals surface area contributed by atoms with Gasteiger partial charge in [-0.1, -0.05) is 0 Å². The van der Waals surface area contributed by atoms with Crippen LogP contribution in [0.15, 0.2) is 0 Å². The van der Waals surface area contributed by atoms with Crippen LogP contribution in [0.1, 0.15) is 10.5 Å². The van der Waals surface area contributed by atoms with Gasteiger partial charge in [-0.25, -0.2) is 0 Å². The zero-order chi connectivity index (χ0) is 10.7. The number of nitrogens with one attached hydrogen (secondary N) is 2. The Morgan fingerprint density at radius 2 is 2.36 bits per heavy atom. The zero-order valence-corrected chi connectivity index (χ0v) is 7.53. The molecule has 1 aromatic rings. The van der Waals surface area contributed by atoms with Crippen LogP contribution < -0.4 is 10.1 Å². The maximum atomic E-state index is 11.1. The molecule has 0 radical (unpaired) electrons. The third-order valence-corrected chi connectivity index (χ3v) is 1.54. The molecule has 1 aromatic heterocycles. The quantitative estimate of drug-likeness (QED) is 0.513. The fourth-order valence-corrected chi connectivity index (χ4v) is 0.915. The van der Waals surface area contributed by atoms with E-state index in [-0.39, 0.29) is 11.6 Å². The first-order valence-electron chi connectivity index (χ1n) is 3.60. The van der Waals surface area contributed by atoms with Crippen molar-refractivity contribution in [1.82, 2.24) is 15.5 Å². The third kappa shape index (κ3) is 1.49. The molecule has 0 aliphatic heterocycles. The SMILES string of the molecule is CNC(=O)c1[nH]nc(OC)c1[N+](=O)[O-]. The molecule has 0 fully saturated rings. The summed E-state index contributed by atoms with van der Waals surface area (Å²) in [7, 11) is 2.59. The smallest absolute Gasteiger partial charge is 0.362 e. The molecule has 14 heavy (non-hydrogen) atoms. The number of H-pyrrole nitrogens is 1. The van der Waals surface area contributed by atoms with E-state index in [0.717, 1.165) is 0 Å².